The number of amides is 3. The van der Waals surface area contributed by atoms with E-state index in [4.69, 9.17) is 9.47 Å². The summed E-state index contributed by atoms with van der Waals surface area (Å²) in [5.41, 5.74) is 0. The van der Waals surface area contributed by atoms with E-state index >= 15 is 0 Å². The van der Waals surface area contributed by atoms with Crippen LogP contribution in [-0.4, -0.2) is 58.4 Å². The minimum absolute atomic E-state index is 0.00599. The Kier molecular flexibility index (Phi) is 6.99. The molecule has 148 valence electrons. The Labute approximate surface area is 156 Å². The predicted molar refractivity (Wildman–Crippen MR) is 92.3 cm³/mol. The number of imide groups is 1. The molecule has 2 rings (SSSR count). The molecule has 0 radical (unpaired) electrons. The van der Waals surface area contributed by atoms with Gasteiger partial charge in [-0.2, -0.15) is 0 Å². The van der Waals surface area contributed by atoms with Gasteiger partial charge in [0.1, 0.15) is 13.2 Å². The molecule has 10 nitrogen and oxygen atoms in total. The van der Waals surface area contributed by atoms with Crippen LogP contribution in [0.4, 0.5) is 4.79 Å². The number of rotatable bonds is 7. The molecule has 3 amide bonds. The lowest BCUT2D eigenvalue weighted by atomic mass is 10.3. The Morgan fingerprint density at radius 2 is 1.85 bits per heavy atom. The van der Waals surface area contributed by atoms with Gasteiger partial charge in [0, 0.05) is 12.6 Å². The van der Waals surface area contributed by atoms with Crippen molar-refractivity contribution in [2.45, 2.75) is 18.2 Å². The lowest BCUT2D eigenvalue weighted by Gasteiger charge is -2.18. The van der Waals surface area contributed by atoms with Crippen LogP contribution in [0.15, 0.2) is 23.1 Å². The second-order valence-electron chi connectivity index (χ2n) is 5.44. The van der Waals surface area contributed by atoms with Crippen LogP contribution in [0, 0.1) is 0 Å². The van der Waals surface area contributed by atoms with Crippen molar-refractivity contribution in [2.24, 2.45) is 0 Å². The summed E-state index contributed by atoms with van der Waals surface area (Å²) in [6.45, 7) is 2.03. The zero-order valence-corrected chi connectivity index (χ0v) is 15.5. The molecule has 1 heterocycles. The maximum Gasteiger partial charge on any atom is 0.321 e. The molecule has 27 heavy (non-hydrogen) atoms. The third kappa shape index (κ3) is 6.13. The Morgan fingerprint density at radius 1 is 1.15 bits per heavy atom. The number of hydrogen-bond acceptors (Lipinski definition) is 8. The first-order chi connectivity index (χ1) is 12.8. The fraction of sp³-hybridized carbons (Fsp3) is 0.438. The topological polar surface area (TPSA) is 137 Å². The summed E-state index contributed by atoms with van der Waals surface area (Å²) < 4.78 is 40.0. The Hall–Kier alpha value is -2.82. The third-order valence-corrected chi connectivity index (χ3v) is 5.12. The predicted octanol–water partition coefficient (Wildman–Crippen LogP) is 0.0105. The standard InChI is InChI=1S/C16H20N2O8S/c1-2-17-16(21)18-14(19)10-26-15(20)5-8-27(22,23)11-3-4-12-13(9-11)25-7-6-24-12/h3-4,9H,2,5-8,10H2,1H3,(H2,17,18,19,21). The molecule has 0 saturated carbocycles. The molecule has 1 aromatic carbocycles. The van der Waals surface area contributed by atoms with Crippen molar-refractivity contribution in [3.63, 3.8) is 0 Å². The molecular weight excluding hydrogens is 380 g/mol. The van der Waals surface area contributed by atoms with Gasteiger partial charge in [-0.3, -0.25) is 14.9 Å². The molecule has 0 spiro atoms. The number of fused-ring (bicyclic) bond motifs is 1. The van der Waals surface area contributed by atoms with E-state index in [1.54, 1.807) is 6.92 Å². The Bertz CT molecular complexity index is 822. The summed E-state index contributed by atoms with van der Waals surface area (Å²) in [5.74, 6) is -1.40. The number of hydrogen-bond donors (Lipinski definition) is 2. The van der Waals surface area contributed by atoms with Crippen molar-refractivity contribution in [1.82, 2.24) is 10.6 Å². The summed E-state index contributed by atoms with van der Waals surface area (Å²) in [7, 11) is -3.75. The van der Waals surface area contributed by atoms with Crippen LogP contribution in [0.1, 0.15) is 13.3 Å². The van der Waals surface area contributed by atoms with E-state index in [1.807, 2.05) is 5.32 Å². The Morgan fingerprint density at radius 3 is 2.56 bits per heavy atom. The van der Waals surface area contributed by atoms with Gasteiger partial charge in [-0.1, -0.05) is 0 Å². The second kappa shape index (κ2) is 9.21. The molecule has 11 heteroatoms. The van der Waals surface area contributed by atoms with Gasteiger partial charge in [0.15, 0.2) is 27.9 Å². The average Bonchev–Trinajstić information content (AvgIpc) is 2.64. The van der Waals surface area contributed by atoms with Gasteiger partial charge >= 0.3 is 12.0 Å². The fourth-order valence-corrected chi connectivity index (χ4v) is 3.37. The van der Waals surface area contributed by atoms with Crippen LogP contribution in [-0.2, 0) is 24.2 Å². The van der Waals surface area contributed by atoms with Gasteiger partial charge in [0.05, 0.1) is 17.1 Å². The monoisotopic (exact) mass is 400 g/mol. The van der Waals surface area contributed by atoms with E-state index in [2.05, 4.69) is 10.1 Å². The summed E-state index contributed by atoms with van der Waals surface area (Å²) in [4.78, 5) is 34.2. The summed E-state index contributed by atoms with van der Waals surface area (Å²) in [6, 6.07) is 3.49. The third-order valence-electron chi connectivity index (χ3n) is 3.40. The van der Waals surface area contributed by atoms with Crippen molar-refractivity contribution < 1.29 is 37.0 Å². The van der Waals surface area contributed by atoms with Crippen LogP contribution in [0.2, 0.25) is 0 Å². The van der Waals surface area contributed by atoms with E-state index < -0.39 is 46.5 Å². The SMILES string of the molecule is CCNC(=O)NC(=O)COC(=O)CCS(=O)(=O)c1ccc2c(c1)OCCO2. The van der Waals surface area contributed by atoms with Crippen molar-refractivity contribution in [3.8, 4) is 11.5 Å². The fourth-order valence-electron chi connectivity index (χ4n) is 2.14. The number of benzene rings is 1. The zero-order chi connectivity index (χ0) is 19.9. The molecule has 0 saturated heterocycles. The molecule has 0 fully saturated rings. The first kappa shape index (κ1) is 20.5. The Balaban J connectivity index is 1.83. The van der Waals surface area contributed by atoms with Gasteiger partial charge in [0.25, 0.3) is 5.91 Å². The minimum Gasteiger partial charge on any atom is -0.486 e. The van der Waals surface area contributed by atoms with Crippen LogP contribution >= 0.6 is 0 Å². The highest BCUT2D eigenvalue weighted by atomic mass is 32.2. The maximum atomic E-state index is 12.3. The second-order valence-corrected chi connectivity index (χ2v) is 7.55. The van der Waals surface area contributed by atoms with Gasteiger partial charge in [-0.05, 0) is 19.1 Å². The van der Waals surface area contributed by atoms with Crippen molar-refractivity contribution >= 4 is 27.7 Å². The minimum atomic E-state index is -3.75. The smallest absolute Gasteiger partial charge is 0.321 e. The van der Waals surface area contributed by atoms with Crippen LogP contribution < -0.4 is 20.1 Å². The molecule has 0 aromatic heterocycles. The van der Waals surface area contributed by atoms with Crippen molar-refractivity contribution in [3.05, 3.63) is 18.2 Å². The van der Waals surface area contributed by atoms with E-state index in [9.17, 15) is 22.8 Å². The number of carbonyl (C=O) groups excluding carboxylic acids is 3. The molecule has 2 N–H and O–H groups in total. The maximum absolute atomic E-state index is 12.3. The van der Waals surface area contributed by atoms with Gasteiger partial charge in [-0.25, -0.2) is 13.2 Å². The molecule has 0 atom stereocenters. The largest absolute Gasteiger partial charge is 0.486 e. The highest BCUT2D eigenvalue weighted by molar-refractivity contribution is 7.91. The molecule has 1 aliphatic heterocycles. The van der Waals surface area contributed by atoms with Crippen molar-refractivity contribution in [2.75, 3.05) is 32.1 Å². The molecule has 0 aliphatic carbocycles. The van der Waals surface area contributed by atoms with E-state index in [1.165, 1.54) is 18.2 Å². The number of carbonyl (C=O) groups is 3. The van der Waals surface area contributed by atoms with Crippen LogP contribution in [0.5, 0.6) is 11.5 Å². The molecular formula is C16H20N2O8S. The number of nitrogens with one attached hydrogen (secondary N) is 2. The summed E-state index contributed by atoms with van der Waals surface area (Å²) in [5, 5.41) is 4.29. The average molecular weight is 400 g/mol. The van der Waals surface area contributed by atoms with Crippen molar-refractivity contribution in [1.29, 1.82) is 0 Å². The first-order valence-corrected chi connectivity index (χ1v) is 9.82. The molecule has 0 bridgehead atoms. The quantitative estimate of drug-likeness (QED) is 0.611. The van der Waals surface area contributed by atoms with E-state index in [0.29, 0.717) is 31.3 Å². The first-order valence-electron chi connectivity index (χ1n) is 8.17. The number of urea groups is 1. The number of ether oxygens (including phenoxy) is 3. The van der Waals surface area contributed by atoms with Crippen LogP contribution in [0.25, 0.3) is 0 Å². The highest BCUT2D eigenvalue weighted by Gasteiger charge is 2.21. The number of esters is 1. The summed E-state index contributed by atoms with van der Waals surface area (Å²) in [6.07, 6.45) is -0.439. The van der Waals surface area contributed by atoms with Gasteiger partial charge < -0.3 is 19.5 Å². The lowest BCUT2D eigenvalue weighted by Crippen LogP contribution is -2.41. The van der Waals surface area contributed by atoms with E-state index in [-0.39, 0.29) is 4.90 Å². The van der Waals surface area contributed by atoms with Gasteiger partial charge in [-0.15, -0.1) is 0 Å². The molecule has 1 aromatic rings. The van der Waals surface area contributed by atoms with Crippen LogP contribution in [0.3, 0.4) is 0 Å². The number of sulfone groups is 1. The zero-order valence-electron chi connectivity index (χ0n) is 14.6. The summed E-state index contributed by atoms with van der Waals surface area (Å²) >= 11 is 0. The lowest BCUT2D eigenvalue weighted by molar-refractivity contribution is -0.147. The van der Waals surface area contributed by atoms with Gasteiger partial charge in [0.2, 0.25) is 0 Å². The van der Waals surface area contributed by atoms with E-state index in [0.717, 1.165) is 0 Å². The molecule has 0 unspecified atom stereocenters. The normalized spacial score (nSPS) is 12.8. The molecule has 1 aliphatic rings. The highest BCUT2D eigenvalue weighted by Crippen LogP contribution is 2.32.